The third-order valence-electron chi connectivity index (χ3n) is 3.59. The largest absolute Gasteiger partial charge is 0.497 e. The van der Waals surface area contributed by atoms with E-state index >= 15 is 0 Å². The molecule has 0 saturated heterocycles. The Morgan fingerprint density at radius 2 is 1.88 bits per heavy atom. The Hall–Kier alpha value is -1.68. The number of benzene rings is 1. The van der Waals surface area contributed by atoms with Gasteiger partial charge in [-0.15, -0.1) is 0 Å². The molecule has 24 heavy (non-hydrogen) atoms. The molecule has 0 radical (unpaired) electrons. The number of likely N-dealkylation sites (N-methyl/N-ethyl adjacent to an activating group) is 1. The first-order chi connectivity index (χ1) is 11.2. The molecule has 0 heterocycles. The monoisotopic (exact) mass is 334 g/mol. The van der Waals surface area contributed by atoms with Crippen LogP contribution in [-0.4, -0.2) is 43.8 Å². The fraction of sp³-hybridized carbons (Fsp3) is 0.600. The SMILES string of the molecule is C=C(NC(C)CN(C)CCCc1ccc(OC)cc1)OC(C)(C)C. The van der Waals surface area contributed by atoms with Gasteiger partial charge in [-0.1, -0.05) is 12.1 Å². The molecule has 0 saturated carbocycles. The first-order valence-electron chi connectivity index (χ1n) is 8.65. The third kappa shape index (κ3) is 8.82. The molecule has 1 unspecified atom stereocenters. The summed E-state index contributed by atoms with van der Waals surface area (Å²) in [5.74, 6) is 1.55. The lowest BCUT2D eigenvalue weighted by Gasteiger charge is -2.27. The predicted molar refractivity (Wildman–Crippen MR) is 101 cm³/mol. The lowest BCUT2D eigenvalue weighted by Crippen LogP contribution is -2.39. The van der Waals surface area contributed by atoms with Crippen molar-refractivity contribution in [1.82, 2.24) is 10.2 Å². The average molecular weight is 335 g/mol. The van der Waals surface area contributed by atoms with Gasteiger partial charge in [0.25, 0.3) is 0 Å². The Morgan fingerprint density at radius 1 is 1.25 bits per heavy atom. The molecule has 1 aromatic rings. The fourth-order valence-corrected chi connectivity index (χ4v) is 2.62. The van der Waals surface area contributed by atoms with Crippen molar-refractivity contribution in [3.05, 3.63) is 42.3 Å². The molecule has 0 aliphatic heterocycles. The fourth-order valence-electron chi connectivity index (χ4n) is 2.62. The van der Waals surface area contributed by atoms with Crippen LogP contribution >= 0.6 is 0 Å². The molecule has 1 N–H and O–H groups in total. The maximum Gasteiger partial charge on any atom is 0.180 e. The highest BCUT2D eigenvalue weighted by Crippen LogP contribution is 2.13. The molecular formula is C20H34N2O2. The number of hydrogen-bond donors (Lipinski definition) is 1. The number of nitrogens with zero attached hydrogens (tertiary/aromatic N) is 1. The van der Waals surface area contributed by atoms with Gasteiger partial charge in [-0.05, 0) is 78.4 Å². The van der Waals surface area contributed by atoms with Gasteiger partial charge in [0.05, 0.1) is 7.11 Å². The summed E-state index contributed by atoms with van der Waals surface area (Å²) in [6, 6.07) is 8.61. The van der Waals surface area contributed by atoms with Crippen LogP contribution in [0.25, 0.3) is 0 Å². The minimum Gasteiger partial charge on any atom is -0.497 e. The molecule has 0 amide bonds. The van der Waals surface area contributed by atoms with E-state index in [-0.39, 0.29) is 5.60 Å². The van der Waals surface area contributed by atoms with Crippen molar-refractivity contribution in [2.45, 2.75) is 52.2 Å². The standard InChI is InChI=1S/C20H34N2O2/c1-16(21-17(2)24-20(3,4)5)15-22(6)14-8-9-18-10-12-19(23-7)13-11-18/h10-13,16,21H,2,8-9,14-15H2,1,3-7H3. The molecule has 4 nitrogen and oxygen atoms in total. The Bertz CT molecular complexity index is 491. The Labute approximate surface area is 147 Å². The van der Waals surface area contributed by atoms with Gasteiger partial charge in [0, 0.05) is 12.6 Å². The van der Waals surface area contributed by atoms with Crippen molar-refractivity contribution in [3.63, 3.8) is 0 Å². The van der Waals surface area contributed by atoms with Crippen LogP contribution in [0.1, 0.15) is 39.7 Å². The normalized spacial score (nSPS) is 12.8. The lowest BCUT2D eigenvalue weighted by atomic mass is 10.1. The number of aryl methyl sites for hydroxylation is 1. The van der Waals surface area contributed by atoms with E-state index in [2.05, 4.69) is 42.9 Å². The summed E-state index contributed by atoms with van der Waals surface area (Å²) >= 11 is 0. The highest BCUT2D eigenvalue weighted by molar-refractivity contribution is 5.27. The van der Waals surface area contributed by atoms with E-state index in [1.54, 1.807) is 7.11 Å². The molecule has 0 spiro atoms. The van der Waals surface area contributed by atoms with Gasteiger partial charge in [0.2, 0.25) is 0 Å². The number of rotatable bonds is 10. The van der Waals surface area contributed by atoms with Gasteiger partial charge < -0.3 is 19.7 Å². The number of ether oxygens (including phenoxy) is 2. The summed E-state index contributed by atoms with van der Waals surface area (Å²) in [5, 5.41) is 3.32. The van der Waals surface area contributed by atoms with Crippen LogP contribution < -0.4 is 10.1 Å². The van der Waals surface area contributed by atoms with Crippen LogP contribution in [0.15, 0.2) is 36.7 Å². The van der Waals surface area contributed by atoms with Crippen LogP contribution in [0.5, 0.6) is 5.75 Å². The zero-order chi connectivity index (χ0) is 18.2. The zero-order valence-electron chi connectivity index (χ0n) is 16.2. The molecular weight excluding hydrogens is 300 g/mol. The van der Waals surface area contributed by atoms with Crippen molar-refractivity contribution < 1.29 is 9.47 Å². The maximum atomic E-state index is 5.71. The van der Waals surface area contributed by atoms with Crippen LogP contribution in [0.3, 0.4) is 0 Å². The average Bonchev–Trinajstić information content (AvgIpc) is 2.45. The van der Waals surface area contributed by atoms with E-state index in [1.807, 2.05) is 32.9 Å². The Morgan fingerprint density at radius 3 is 2.42 bits per heavy atom. The number of hydrogen-bond acceptors (Lipinski definition) is 4. The van der Waals surface area contributed by atoms with Crippen molar-refractivity contribution >= 4 is 0 Å². The minimum absolute atomic E-state index is 0.214. The van der Waals surface area contributed by atoms with Gasteiger partial charge in [-0.25, -0.2) is 0 Å². The molecule has 136 valence electrons. The molecule has 0 aliphatic carbocycles. The van der Waals surface area contributed by atoms with Crippen molar-refractivity contribution in [2.24, 2.45) is 0 Å². The maximum absolute atomic E-state index is 5.71. The van der Waals surface area contributed by atoms with Crippen LogP contribution in [0.2, 0.25) is 0 Å². The van der Waals surface area contributed by atoms with Gasteiger partial charge >= 0.3 is 0 Å². The molecule has 0 fully saturated rings. The highest BCUT2D eigenvalue weighted by Gasteiger charge is 2.14. The van der Waals surface area contributed by atoms with E-state index in [4.69, 9.17) is 9.47 Å². The van der Waals surface area contributed by atoms with E-state index in [1.165, 1.54) is 5.56 Å². The molecule has 1 atom stereocenters. The summed E-state index contributed by atoms with van der Waals surface area (Å²) in [7, 11) is 3.85. The molecule has 1 rings (SSSR count). The second-order valence-electron chi connectivity index (χ2n) is 7.40. The van der Waals surface area contributed by atoms with Gasteiger partial charge in [-0.2, -0.15) is 0 Å². The van der Waals surface area contributed by atoms with Gasteiger partial charge in [0.15, 0.2) is 5.88 Å². The van der Waals surface area contributed by atoms with E-state index < -0.39 is 0 Å². The number of methoxy groups -OCH3 is 1. The van der Waals surface area contributed by atoms with Gasteiger partial charge in [0.1, 0.15) is 11.4 Å². The van der Waals surface area contributed by atoms with Crippen molar-refractivity contribution in [3.8, 4) is 5.75 Å². The Balaban J connectivity index is 2.24. The summed E-state index contributed by atoms with van der Waals surface area (Å²) < 4.78 is 10.9. The number of nitrogens with one attached hydrogen (secondary N) is 1. The smallest absolute Gasteiger partial charge is 0.180 e. The van der Waals surface area contributed by atoms with Gasteiger partial charge in [-0.3, -0.25) is 0 Å². The summed E-state index contributed by atoms with van der Waals surface area (Å²) in [4.78, 5) is 2.34. The first-order valence-corrected chi connectivity index (χ1v) is 8.65. The molecule has 0 bridgehead atoms. The highest BCUT2D eigenvalue weighted by atomic mass is 16.5. The summed E-state index contributed by atoms with van der Waals surface area (Å²) in [6.45, 7) is 14.2. The zero-order valence-corrected chi connectivity index (χ0v) is 16.2. The summed E-state index contributed by atoms with van der Waals surface area (Å²) in [5.41, 5.74) is 1.14. The van der Waals surface area contributed by atoms with Crippen LogP contribution in [0, 0.1) is 0 Å². The van der Waals surface area contributed by atoms with E-state index in [0.717, 1.165) is 31.7 Å². The minimum atomic E-state index is -0.214. The van der Waals surface area contributed by atoms with Crippen LogP contribution in [-0.2, 0) is 11.2 Å². The van der Waals surface area contributed by atoms with Crippen molar-refractivity contribution in [2.75, 3.05) is 27.2 Å². The Kier molecular flexibility index (Phi) is 8.13. The van der Waals surface area contributed by atoms with E-state index in [9.17, 15) is 0 Å². The lowest BCUT2D eigenvalue weighted by molar-refractivity contribution is 0.0378. The second-order valence-corrected chi connectivity index (χ2v) is 7.40. The third-order valence-corrected chi connectivity index (χ3v) is 3.59. The molecule has 0 aromatic heterocycles. The quantitative estimate of drug-likeness (QED) is 0.660. The molecule has 1 aromatic carbocycles. The predicted octanol–water partition coefficient (Wildman–Crippen LogP) is 3.82. The van der Waals surface area contributed by atoms with Crippen molar-refractivity contribution in [1.29, 1.82) is 0 Å². The summed E-state index contributed by atoms with van der Waals surface area (Å²) in [6.07, 6.45) is 2.21. The first kappa shape index (κ1) is 20.4. The topological polar surface area (TPSA) is 33.7 Å². The second kappa shape index (κ2) is 9.58. The molecule has 4 heteroatoms. The molecule has 0 aliphatic rings. The van der Waals surface area contributed by atoms with E-state index in [0.29, 0.717) is 11.9 Å². The van der Waals surface area contributed by atoms with Crippen LogP contribution in [0.4, 0.5) is 0 Å².